The van der Waals surface area contributed by atoms with E-state index in [0.717, 1.165) is 49.2 Å². The number of Topliss-reactive ketones (excluding diaryl/α,β-unsaturated/α-hetero) is 1. The summed E-state index contributed by atoms with van der Waals surface area (Å²) in [5.74, 6) is 0.420. The van der Waals surface area contributed by atoms with Crippen molar-refractivity contribution in [1.82, 2.24) is 9.88 Å². The Bertz CT molecular complexity index is 847. The molecule has 0 aliphatic carbocycles. The van der Waals surface area contributed by atoms with Gasteiger partial charge in [0.25, 0.3) is 0 Å². The Morgan fingerprint density at radius 1 is 0.962 bits per heavy atom. The van der Waals surface area contributed by atoms with E-state index in [0.29, 0.717) is 5.78 Å². The number of H-pyrrole nitrogens is 1. The topological polar surface area (TPSA) is 36.1 Å². The number of aromatic amines is 1. The molecule has 1 aliphatic rings. The molecule has 2 aromatic carbocycles. The molecule has 1 N–H and O–H groups in total. The molecule has 1 saturated heterocycles. The maximum Gasteiger partial charge on any atom is 0.166 e. The van der Waals surface area contributed by atoms with Crippen LogP contribution >= 0.6 is 0 Å². The van der Waals surface area contributed by atoms with E-state index in [1.165, 1.54) is 5.56 Å². The lowest BCUT2D eigenvalue weighted by atomic mass is 9.86. The predicted molar refractivity (Wildman–Crippen MR) is 105 cm³/mol. The van der Waals surface area contributed by atoms with E-state index in [2.05, 4.69) is 40.2 Å². The monoisotopic (exact) mass is 344 g/mol. The van der Waals surface area contributed by atoms with Crippen LogP contribution in [-0.4, -0.2) is 28.8 Å². The van der Waals surface area contributed by atoms with Gasteiger partial charge in [-0.25, -0.2) is 0 Å². The second kappa shape index (κ2) is 7.71. The van der Waals surface area contributed by atoms with E-state index in [1.54, 1.807) is 0 Å². The van der Waals surface area contributed by atoms with Crippen LogP contribution in [0, 0.1) is 5.92 Å². The van der Waals surface area contributed by atoms with Crippen molar-refractivity contribution >= 4 is 5.78 Å². The second-order valence-corrected chi connectivity index (χ2v) is 7.05. The normalized spacial score (nSPS) is 15.8. The molecule has 0 bridgehead atoms. The minimum absolute atomic E-state index is 0.127. The van der Waals surface area contributed by atoms with Crippen molar-refractivity contribution in [2.75, 3.05) is 13.1 Å². The predicted octanol–water partition coefficient (Wildman–Crippen LogP) is 4.78. The number of aromatic nitrogens is 1. The van der Waals surface area contributed by atoms with Crippen LogP contribution in [0.1, 0.15) is 28.8 Å². The molecule has 132 valence electrons. The van der Waals surface area contributed by atoms with E-state index in [9.17, 15) is 4.79 Å². The van der Waals surface area contributed by atoms with E-state index < -0.39 is 0 Å². The molecule has 2 heterocycles. The first-order valence-corrected chi connectivity index (χ1v) is 9.34. The van der Waals surface area contributed by atoms with Crippen molar-refractivity contribution in [3.05, 3.63) is 84.2 Å². The number of carbonyl (C=O) groups is 1. The number of rotatable bonds is 5. The van der Waals surface area contributed by atoms with Gasteiger partial charge in [-0.2, -0.15) is 0 Å². The van der Waals surface area contributed by atoms with Crippen molar-refractivity contribution in [3.8, 4) is 11.1 Å². The third-order valence-electron chi connectivity index (χ3n) is 5.31. The fourth-order valence-corrected chi connectivity index (χ4v) is 3.86. The van der Waals surface area contributed by atoms with Gasteiger partial charge < -0.3 is 4.98 Å². The summed E-state index contributed by atoms with van der Waals surface area (Å²) >= 11 is 0. The zero-order chi connectivity index (χ0) is 17.8. The molecular weight excluding hydrogens is 320 g/mol. The van der Waals surface area contributed by atoms with Gasteiger partial charge in [-0.1, -0.05) is 54.6 Å². The summed E-state index contributed by atoms with van der Waals surface area (Å²) in [6.07, 6.45) is 5.73. The van der Waals surface area contributed by atoms with Crippen molar-refractivity contribution in [2.24, 2.45) is 5.92 Å². The number of nitrogens with zero attached hydrogens (tertiary/aromatic N) is 1. The molecule has 3 nitrogen and oxygen atoms in total. The van der Waals surface area contributed by atoms with Crippen LogP contribution in [0.15, 0.2) is 73.1 Å². The molecule has 3 heteroatoms. The Labute approximate surface area is 154 Å². The molecule has 4 rings (SSSR count). The largest absolute Gasteiger partial charge is 0.367 e. The van der Waals surface area contributed by atoms with E-state index in [1.807, 2.05) is 42.7 Å². The highest BCUT2D eigenvalue weighted by Crippen LogP contribution is 2.29. The Morgan fingerprint density at radius 2 is 1.69 bits per heavy atom. The first kappa shape index (κ1) is 16.8. The molecule has 1 fully saturated rings. The maximum absolute atomic E-state index is 13.2. The smallest absolute Gasteiger partial charge is 0.166 e. The second-order valence-electron chi connectivity index (χ2n) is 7.05. The number of nitrogens with one attached hydrogen (secondary N) is 1. The number of hydrogen-bond acceptors (Lipinski definition) is 2. The molecule has 1 aliphatic heterocycles. The fraction of sp³-hybridized carbons (Fsp3) is 0.261. The molecule has 1 aromatic heterocycles. The van der Waals surface area contributed by atoms with Gasteiger partial charge in [-0.3, -0.25) is 9.69 Å². The van der Waals surface area contributed by atoms with E-state index >= 15 is 0 Å². The van der Waals surface area contributed by atoms with Crippen LogP contribution in [0.3, 0.4) is 0 Å². The standard InChI is InChI=1S/C23H24N2O/c26-23(22-9-5-4-8-21(22)20-10-13-24-16-20)19-11-14-25(15-12-19)17-18-6-2-1-3-7-18/h1-10,13,16,19,24H,11-12,14-15,17H2. The maximum atomic E-state index is 13.2. The quantitative estimate of drug-likeness (QED) is 0.676. The number of likely N-dealkylation sites (tertiary alicyclic amines) is 1. The molecule has 0 spiro atoms. The summed E-state index contributed by atoms with van der Waals surface area (Å²) in [6.45, 7) is 2.94. The summed E-state index contributed by atoms with van der Waals surface area (Å²) < 4.78 is 0. The van der Waals surface area contributed by atoms with Crippen molar-refractivity contribution in [2.45, 2.75) is 19.4 Å². The van der Waals surface area contributed by atoms with Crippen molar-refractivity contribution < 1.29 is 4.79 Å². The van der Waals surface area contributed by atoms with Crippen molar-refractivity contribution in [3.63, 3.8) is 0 Å². The van der Waals surface area contributed by atoms with Gasteiger partial charge in [-0.15, -0.1) is 0 Å². The van der Waals surface area contributed by atoms with Gasteiger partial charge in [0.15, 0.2) is 5.78 Å². The summed E-state index contributed by atoms with van der Waals surface area (Å²) in [5, 5.41) is 0. The third-order valence-corrected chi connectivity index (χ3v) is 5.31. The molecule has 0 unspecified atom stereocenters. The van der Waals surface area contributed by atoms with Gasteiger partial charge in [0.2, 0.25) is 0 Å². The molecule has 26 heavy (non-hydrogen) atoms. The zero-order valence-electron chi connectivity index (χ0n) is 14.9. The molecule has 0 atom stereocenters. The van der Waals surface area contributed by atoms with Gasteiger partial charge in [0, 0.05) is 30.4 Å². The minimum Gasteiger partial charge on any atom is -0.367 e. The highest BCUT2D eigenvalue weighted by Gasteiger charge is 2.27. The average molecular weight is 344 g/mol. The van der Waals surface area contributed by atoms with Crippen LogP contribution in [0.5, 0.6) is 0 Å². The minimum atomic E-state index is 0.127. The average Bonchev–Trinajstić information content (AvgIpc) is 3.24. The number of hydrogen-bond donors (Lipinski definition) is 1. The lowest BCUT2D eigenvalue weighted by Gasteiger charge is -2.31. The SMILES string of the molecule is O=C(c1ccccc1-c1cc[nH]c1)C1CCN(Cc2ccccc2)CC1. The van der Waals surface area contributed by atoms with Gasteiger partial charge >= 0.3 is 0 Å². The molecule has 0 saturated carbocycles. The number of ketones is 1. The highest BCUT2D eigenvalue weighted by molar-refractivity contribution is 6.03. The van der Waals surface area contributed by atoms with Crippen LogP contribution in [0.25, 0.3) is 11.1 Å². The van der Waals surface area contributed by atoms with Crippen LogP contribution < -0.4 is 0 Å². The van der Waals surface area contributed by atoms with E-state index in [-0.39, 0.29) is 5.92 Å². The molecule has 0 amide bonds. The number of benzene rings is 2. The lowest BCUT2D eigenvalue weighted by Crippen LogP contribution is -2.36. The molecule has 3 aromatic rings. The lowest BCUT2D eigenvalue weighted by molar-refractivity contribution is 0.0835. The fourth-order valence-electron chi connectivity index (χ4n) is 3.86. The number of piperidine rings is 1. The van der Waals surface area contributed by atoms with Gasteiger partial charge in [0.1, 0.15) is 0 Å². The van der Waals surface area contributed by atoms with Crippen molar-refractivity contribution in [1.29, 1.82) is 0 Å². The summed E-state index contributed by atoms with van der Waals surface area (Å²) in [7, 11) is 0. The van der Waals surface area contributed by atoms with E-state index in [4.69, 9.17) is 0 Å². The Kier molecular flexibility index (Phi) is 4.98. The molecular formula is C23H24N2O. The Hall–Kier alpha value is -2.65. The summed E-state index contributed by atoms with van der Waals surface area (Å²) in [6, 6.07) is 20.6. The first-order valence-electron chi connectivity index (χ1n) is 9.34. The third kappa shape index (κ3) is 3.63. The van der Waals surface area contributed by atoms with Crippen LogP contribution in [-0.2, 0) is 6.54 Å². The summed E-state index contributed by atoms with van der Waals surface area (Å²) in [5.41, 5.74) is 4.31. The molecule has 0 radical (unpaired) electrons. The summed E-state index contributed by atoms with van der Waals surface area (Å²) in [4.78, 5) is 18.7. The Morgan fingerprint density at radius 3 is 2.42 bits per heavy atom. The Balaban J connectivity index is 1.43. The highest BCUT2D eigenvalue weighted by atomic mass is 16.1. The van der Waals surface area contributed by atoms with Gasteiger partial charge in [-0.05, 0) is 48.7 Å². The zero-order valence-corrected chi connectivity index (χ0v) is 14.9. The van der Waals surface area contributed by atoms with Crippen LogP contribution in [0.2, 0.25) is 0 Å². The number of carbonyl (C=O) groups excluding carboxylic acids is 1. The first-order chi connectivity index (χ1) is 12.8. The van der Waals surface area contributed by atoms with Crippen LogP contribution in [0.4, 0.5) is 0 Å². The van der Waals surface area contributed by atoms with Gasteiger partial charge in [0.05, 0.1) is 0 Å².